The molecule has 5 rings (SSSR count). The van der Waals surface area contributed by atoms with E-state index in [1.165, 1.54) is 18.2 Å². The zero-order valence-corrected chi connectivity index (χ0v) is 24.8. The number of amides is 4. The van der Waals surface area contributed by atoms with E-state index in [9.17, 15) is 31.9 Å². The molecule has 0 aliphatic carbocycles. The van der Waals surface area contributed by atoms with Crippen molar-refractivity contribution in [3.8, 4) is 0 Å². The van der Waals surface area contributed by atoms with Crippen LogP contribution in [0.15, 0.2) is 42.6 Å². The van der Waals surface area contributed by atoms with Crippen molar-refractivity contribution in [1.29, 1.82) is 0 Å². The SMILES string of the molecule is COCCn1cc(C(=O)N2CCC(c3cc(CNC(=O)C(F)(F)F)ccc3F)CC2)c2c(NC(=O)N3CCOCC3)cccc21. The predicted molar refractivity (Wildman–Crippen MR) is 157 cm³/mol. The number of fused-ring (bicyclic) bond motifs is 1. The van der Waals surface area contributed by atoms with Crippen LogP contribution in [0.4, 0.5) is 28.0 Å². The van der Waals surface area contributed by atoms with Gasteiger partial charge in [-0.05, 0) is 48.1 Å². The van der Waals surface area contributed by atoms with Gasteiger partial charge in [-0.2, -0.15) is 13.2 Å². The minimum Gasteiger partial charge on any atom is -0.383 e. The second-order valence-electron chi connectivity index (χ2n) is 11.1. The van der Waals surface area contributed by atoms with Crippen molar-refractivity contribution >= 4 is 34.4 Å². The highest BCUT2D eigenvalue weighted by molar-refractivity contribution is 6.13. The van der Waals surface area contributed by atoms with E-state index in [-0.39, 0.29) is 24.4 Å². The number of benzene rings is 2. The molecule has 2 aliphatic heterocycles. The second kappa shape index (κ2) is 13.9. The number of methoxy groups -OCH3 is 1. The number of rotatable bonds is 8. The summed E-state index contributed by atoms with van der Waals surface area (Å²) in [5, 5.41) is 5.40. The summed E-state index contributed by atoms with van der Waals surface area (Å²) in [5.74, 6) is -3.05. The number of carbonyl (C=O) groups is 3. The first-order chi connectivity index (χ1) is 21.6. The standard InChI is InChI=1S/C31H35F4N5O5/c1-44-14-11-40-19-23(27-25(3-2-4-26(27)40)37-30(43)39-12-15-45-16-13-39)28(41)38-9-7-21(8-10-38)22-17-20(5-6-24(22)32)18-36-29(42)31(33,34)35/h2-6,17,19,21H,7-16,18H2,1H3,(H,36,42)(H,37,43). The topological polar surface area (TPSA) is 105 Å². The maximum absolute atomic E-state index is 14.8. The number of nitrogens with zero attached hydrogens (tertiary/aromatic N) is 3. The molecule has 242 valence electrons. The second-order valence-corrected chi connectivity index (χ2v) is 11.1. The summed E-state index contributed by atoms with van der Waals surface area (Å²) in [6.45, 7) is 2.99. The Balaban J connectivity index is 1.33. The lowest BCUT2D eigenvalue weighted by molar-refractivity contribution is -0.173. The summed E-state index contributed by atoms with van der Waals surface area (Å²) < 4.78 is 65.1. The molecule has 2 aromatic carbocycles. The van der Waals surface area contributed by atoms with Gasteiger partial charge in [0, 0.05) is 58.0 Å². The minimum absolute atomic E-state index is 0.230. The number of ether oxygens (including phenoxy) is 2. The molecule has 0 unspecified atom stereocenters. The van der Waals surface area contributed by atoms with E-state index >= 15 is 0 Å². The van der Waals surface area contributed by atoms with Gasteiger partial charge in [-0.15, -0.1) is 0 Å². The Morgan fingerprint density at radius 2 is 1.76 bits per heavy atom. The molecular formula is C31H35F4N5O5. The molecule has 0 bridgehead atoms. The third-order valence-corrected chi connectivity index (χ3v) is 8.21. The number of urea groups is 1. The van der Waals surface area contributed by atoms with Crippen LogP contribution in [0.2, 0.25) is 0 Å². The van der Waals surface area contributed by atoms with Crippen molar-refractivity contribution in [1.82, 2.24) is 19.7 Å². The van der Waals surface area contributed by atoms with Crippen LogP contribution in [0, 0.1) is 5.82 Å². The fraction of sp³-hybridized carbons (Fsp3) is 0.452. The number of hydrogen-bond donors (Lipinski definition) is 2. The molecule has 2 N–H and O–H groups in total. The minimum atomic E-state index is -5.01. The number of nitrogens with one attached hydrogen (secondary N) is 2. The molecule has 0 atom stereocenters. The largest absolute Gasteiger partial charge is 0.471 e. The normalized spacial score (nSPS) is 16.2. The third kappa shape index (κ3) is 7.39. The molecule has 2 fully saturated rings. The number of piperidine rings is 1. The molecule has 10 nitrogen and oxygen atoms in total. The van der Waals surface area contributed by atoms with Crippen LogP contribution < -0.4 is 10.6 Å². The molecule has 45 heavy (non-hydrogen) atoms. The lowest BCUT2D eigenvalue weighted by Crippen LogP contribution is -2.43. The van der Waals surface area contributed by atoms with E-state index < -0.39 is 17.9 Å². The summed E-state index contributed by atoms with van der Waals surface area (Å²) in [4.78, 5) is 41.6. The first-order valence-electron chi connectivity index (χ1n) is 14.7. The average molecular weight is 634 g/mol. The van der Waals surface area contributed by atoms with Crippen LogP contribution in [0.1, 0.15) is 40.2 Å². The Bertz CT molecular complexity index is 1550. The summed E-state index contributed by atoms with van der Waals surface area (Å²) in [5.41, 5.74) is 2.38. The van der Waals surface area contributed by atoms with Crippen molar-refractivity contribution in [2.45, 2.75) is 38.0 Å². The van der Waals surface area contributed by atoms with Crippen LogP contribution >= 0.6 is 0 Å². The summed E-state index contributed by atoms with van der Waals surface area (Å²) in [6, 6.07) is 9.17. The van der Waals surface area contributed by atoms with E-state index in [0.717, 1.165) is 5.52 Å². The molecule has 2 saturated heterocycles. The van der Waals surface area contributed by atoms with Gasteiger partial charge in [-0.3, -0.25) is 9.59 Å². The fourth-order valence-electron chi connectivity index (χ4n) is 5.82. The molecule has 0 saturated carbocycles. The van der Waals surface area contributed by atoms with E-state index in [2.05, 4.69) is 5.32 Å². The predicted octanol–water partition coefficient (Wildman–Crippen LogP) is 4.49. The Hall–Kier alpha value is -4.17. The Morgan fingerprint density at radius 1 is 1.02 bits per heavy atom. The van der Waals surface area contributed by atoms with Gasteiger partial charge >= 0.3 is 18.1 Å². The van der Waals surface area contributed by atoms with Gasteiger partial charge in [0.2, 0.25) is 0 Å². The number of hydrogen-bond acceptors (Lipinski definition) is 5. The first-order valence-corrected chi connectivity index (χ1v) is 14.7. The Labute approximate surface area is 257 Å². The van der Waals surface area contributed by atoms with Crippen molar-refractivity contribution in [2.24, 2.45) is 0 Å². The van der Waals surface area contributed by atoms with Crippen molar-refractivity contribution in [3.63, 3.8) is 0 Å². The number of aromatic nitrogens is 1. The summed E-state index contributed by atoms with van der Waals surface area (Å²) >= 11 is 0. The van der Waals surface area contributed by atoms with Gasteiger partial charge in [0.25, 0.3) is 5.91 Å². The molecule has 4 amide bonds. The summed E-state index contributed by atoms with van der Waals surface area (Å²) in [6.07, 6.45) is -2.37. The van der Waals surface area contributed by atoms with Crippen LogP contribution in [0.3, 0.4) is 0 Å². The molecule has 14 heteroatoms. The van der Waals surface area contributed by atoms with E-state index in [4.69, 9.17) is 9.47 Å². The zero-order chi connectivity index (χ0) is 32.1. The molecule has 2 aliphatic rings. The highest BCUT2D eigenvalue weighted by atomic mass is 19.4. The highest BCUT2D eigenvalue weighted by Gasteiger charge is 2.38. The van der Waals surface area contributed by atoms with Gasteiger partial charge in [-0.25, -0.2) is 9.18 Å². The third-order valence-electron chi connectivity index (χ3n) is 8.21. The van der Waals surface area contributed by atoms with Crippen molar-refractivity contribution in [3.05, 3.63) is 65.1 Å². The quantitative estimate of drug-likeness (QED) is 0.356. The van der Waals surface area contributed by atoms with Gasteiger partial charge < -0.3 is 34.5 Å². The zero-order valence-electron chi connectivity index (χ0n) is 24.8. The lowest BCUT2D eigenvalue weighted by Gasteiger charge is -2.32. The maximum Gasteiger partial charge on any atom is 0.471 e. The van der Waals surface area contributed by atoms with E-state index in [1.807, 2.05) is 22.0 Å². The monoisotopic (exact) mass is 633 g/mol. The first kappa shape index (κ1) is 32.2. The molecule has 1 aromatic heterocycles. The number of likely N-dealkylation sites (tertiary alicyclic amines) is 1. The van der Waals surface area contributed by atoms with Crippen molar-refractivity contribution in [2.75, 3.05) is 58.4 Å². The summed E-state index contributed by atoms with van der Waals surface area (Å²) in [7, 11) is 1.59. The fourth-order valence-corrected chi connectivity index (χ4v) is 5.82. The average Bonchev–Trinajstić information content (AvgIpc) is 3.42. The van der Waals surface area contributed by atoms with Crippen LogP contribution in [0.5, 0.6) is 0 Å². The van der Waals surface area contributed by atoms with Crippen LogP contribution in [-0.2, 0) is 27.4 Å². The van der Waals surface area contributed by atoms with E-state index in [1.54, 1.807) is 29.2 Å². The molecule has 0 radical (unpaired) electrons. The molecular weight excluding hydrogens is 598 g/mol. The highest BCUT2D eigenvalue weighted by Crippen LogP contribution is 2.34. The van der Waals surface area contributed by atoms with Gasteiger partial charge in [0.05, 0.1) is 36.6 Å². The number of alkyl halides is 3. The lowest BCUT2D eigenvalue weighted by atomic mass is 9.88. The van der Waals surface area contributed by atoms with Gasteiger partial charge in [0.15, 0.2) is 0 Å². The van der Waals surface area contributed by atoms with Crippen LogP contribution in [-0.4, -0.2) is 91.5 Å². The Morgan fingerprint density at radius 3 is 2.44 bits per heavy atom. The number of halogens is 4. The Kier molecular flexibility index (Phi) is 9.93. The molecule has 3 heterocycles. The van der Waals surface area contributed by atoms with E-state index in [0.29, 0.717) is 93.2 Å². The van der Waals surface area contributed by atoms with Gasteiger partial charge in [0.1, 0.15) is 5.82 Å². The maximum atomic E-state index is 14.8. The smallest absolute Gasteiger partial charge is 0.383 e. The molecule has 0 spiro atoms. The number of carbonyl (C=O) groups excluding carboxylic acids is 3. The number of morpholine rings is 1. The van der Waals surface area contributed by atoms with Crippen molar-refractivity contribution < 1.29 is 41.4 Å². The van der Waals surface area contributed by atoms with Gasteiger partial charge in [-0.1, -0.05) is 18.2 Å². The van der Waals surface area contributed by atoms with Crippen LogP contribution in [0.25, 0.3) is 10.9 Å². The molecule has 3 aromatic rings. The number of anilines is 1.